The Morgan fingerprint density at radius 3 is 2.91 bits per heavy atom. The van der Waals surface area contributed by atoms with E-state index >= 15 is 0 Å². The zero-order valence-corrected chi connectivity index (χ0v) is 13.0. The molecule has 3 rings (SSSR count). The molecule has 5 nitrogen and oxygen atoms in total. The predicted octanol–water partition coefficient (Wildman–Crippen LogP) is 0.993. The van der Waals surface area contributed by atoms with Gasteiger partial charge in [-0.25, -0.2) is 0 Å². The number of hydrogen-bond donors (Lipinski definition) is 3. The van der Waals surface area contributed by atoms with Crippen molar-refractivity contribution in [2.24, 2.45) is 0 Å². The van der Waals surface area contributed by atoms with E-state index in [0.29, 0.717) is 25.3 Å². The second-order valence-electron chi connectivity index (χ2n) is 6.30. The Hall–Kier alpha value is -1.59. The van der Waals surface area contributed by atoms with Gasteiger partial charge in [0.05, 0.1) is 12.1 Å². The quantitative estimate of drug-likeness (QED) is 0.779. The standard InChI is InChI=1S/C17H24N2O3/c1-2-11-9-12(3-4-15(11)21)14-5-7-18-16(14)17(22)19-8-6-13(20)10-19/h3-4,9,13-14,16,18,20-21H,2,5-8,10H2,1H3/t13-,14-,16-/m0/s1. The van der Waals surface area contributed by atoms with Crippen LogP contribution in [0.3, 0.4) is 0 Å². The Bertz CT molecular complexity index is 561. The van der Waals surface area contributed by atoms with Gasteiger partial charge in [0.2, 0.25) is 5.91 Å². The van der Waals surface area contributed by atoms with Gasteiger partial charge in [-0.3, -0.25) is 4.79 Å². The number of aliphatic hydroxyl groups excluding tert-OH is 1. The first kappa shape index (κ1) is 15.3. The van der Waals surface area contributed by atoms with Gasteiger partial charge < -0.3 is 20.4 Å². The maximum Gasteiger partial charge on any atom is 0.240 e. The van der Waals surface area contributed by atoms with E-state index in [1.165, 1.54) is 0 Å². The van der Waals surface area contributed by atoms with Crippen LogP contribution in [0.5, 0.6) is 5.75 Å². The molecule has 0 bridgehead atoms. The summed E-state index contributed by atoms with van der Waals surface area (Å²) in [6, 6.07) is 5.45. The molecule has 1 amide bonds. The lowest BCUT2D eigenvalue weighted by atomic mass is 9.89. The molecule has 0 aromatic heterocycles. The molecular weight excluding hydrogens is 280 g/mol. The zero-order valence-electron chi connectivity index (χ0n) is 13.0. The molecule has 22 heavy (non-hydrogen) atoms. The molecule has 1 aromatic rings. The summed E-state index contributed by atoms with van der Waals surface area (Å²) < 4.78 is 0. The molecule has 0 aliphatic carbocycles. The van der Waals surface area contributed by atoms with E-state index in [9.17, 15) is 15.0 Å². The van der Waals surface area contributed by atoms with E-state index < -0.39 is 0 Å². The number of phenols is 1. The number of carbonyl (C=O) groups is 1. The number of β-amino-alcohol motifs (C(OH)–C–C–N with tert-alkyl or cyclic N) is 1. The Balaban J connectivity index is 1.79. The lowest BCUT2D eigenvalue weighted by Gasteiger charge is -2.25. The summed E-state index contributed by atoms with van der Waals surface area (Å²) in [5.41, 5.74) is 2.03. The van der Waals surface area contributed by atoms with Gasteiger partial charge in [-0.15, -0.1) is 0 Å². The van der Waals surface area contributed by atoms with Gasteiger partial charge in [-0.2, -0.15) is 0 Å². The van der Waals surface area contributed by atoms with Gasteiger partial charge in [0.25, 0.3) is 0 Å². The number of amides is 1. The van der Waals surface area contributed by atoms with Crippen molar-refractivity contribution in [3.8, 4) is 5.75 Å². The molecule has 2 aliphatic heterocycles. The highest BCUT2D eigenvalue weighted by Gasteiger charge is 2.38. The number of benzene rings is 1. The molecule has 0 saturated carbocycles. The Morgan fingerprint density at radius 2 is 2.23 bits per heavy atom. The van der Waals surface area contributed by atoms with E-state index in [4.69, 9.17) is 0 Å². The highest BCUT2D eigenvalue weighted by Crippen LogP contribution is 2.32. The summed E-state index contributed by atoms with van der Waals surface area (Å²) in [6.45, 7) is 3.92. The third kappa shape index (κ3) is 2.83. The van der Waals surface area contributed by atoms with Crippen LogP contribution in [0.1, 0.15) is 36.8 Å². The normalized spacial score (nSPS) is 28.3. The van der Waals surface area contributed by atoms with Crippen LogP contribution in [0.25, 0.3) is 0 Å². The van der Waals surface area contributed by atoms with Gasteiger partial charge in [0.15, 0.2) is 0 Å². The smallest absolute Gasteiger partial charge is 0.240 e. The number of likely N-dealkylation sites (tertiary alicyclic amines) is 1. The minimum Gasteiger partial charge on any atom is -0.508 e. The van der Waals surface area contributed by atoms with E-state index in [1.54, 1.807) is 11.0 Å². The molecule has 3 atom stereocenters. The molecule has 2 fully saturated rings. The van der Waals surface area contributed by atoms with E-state index in [-0.39, 0.29) is 24.0 Å². The van der Waals surface area contributed by atoms with Crippen molar-refractivity contribution in [1.29, 1.82) is 0 Å². The first-order chi connectivity index (χ1) is 10.6. The second-order valence-corrected chi connectivity index (χ2v) is 6.30. The summed E-state index contributed by atoms with van der Waals surface area (Å²) in [6.07, 6.45) is 1.98. The predicted molar refractivity (Wildman–Crippen MR) is 83.8 cm³/mol. The summed E-state index contributed by atoms with van der Waals surface area (Å²) in [7, 11) is 0. The minimum atomic E-state index is -0.385. The molecule has 2 saturated heterocycles. The van der Waals surface area contributed by atoms with Gasteiger partial charge in [0, 0.05) is 19.0 Å². The number of aryl methyl sites for hydroxylation is 1. The maximum atomic E-state index is 12.7. The third-order valence-corrected chi connectivity index (χ3v) is 4.88. The molecule has 3 N–H and O–H groups in total. The highest BCUT2D eigenvalue weighted by molar-refractivity contribution is 5.83. The number of hydrogen-bond acceptors (Lipinski definition) is 4. The maximum absolute atomic E-state index is 12.7. The summed E-state index contributed by atoms with van der Waals surface area (Å²) in [5, 5.41) is 22.8. The Labute approximate surface area is 130 Å². The monoisotopic (exact) mass is 304 g/mol. The molecule has 0 unspecified atom stereocenters. The topological polar surface area (TPSA) is 72.8 Å². The van der Waals surface area contributed by atoms with Crippen LogP contribution >= 0.6 is 0 Å². The number of aliphatic hydroxyl groups is 1. The molecule has 1 aromatic carbocycles. The number of nitrogens with one attached hydrogen (secondary N) is 1. The van der Waals surface area contributed by atoms with Crippen LogP contribution in [-0.2, 0) is 11.2 Å². The van der Waals surface area contributed by atoms with Crippen molar-refractivity contribution in [3.05, 3.63) is 29.3 Å². The first-order valence-corrected chi connectivity index (χ1v) is 8.12. The molecular formula is C17H24N2O3. The third-order valence-electron chi connectivity index (χ3n) is 4.88. The van der Waals surface area contributed by atoms with Gasteiger partial charge >= 0.3 is 0 Å². The van der Waals surface area contributed by atoms with Gasteiger partial charge in [0.1, 0.15) is 5.75 Å². The molecule has 0 spiro atoms. The van der Waals surface area contributed by atoms with Crippen LogP contribution in [0, 0.1) is 0 Å². The van der Waals surface area contributed by atoms with Crippen molar-refractivity contribution >= 4 is 5.91 Å². The van der Waals surface area contributed by atoms with Crippen molar-refractivity contribution < 1.29 is 15.0 Å². The SMILES string of the molecule is CCc1cc([C@@H]2CCN[C@@H]2C(=O)N2CC[C@H](O)C2)ccc1O. The van der Waals surface area contributed by atoms with Gasteiger partial charge in [-0.1, -0.05) is 19.1 Å². The molecule has 5 heteroatoms. The Morgan fingerprint density at radius 1 is 1.41 bits per heavy atom. The molecule has 2 aliphatic rings. The van der Waals surface area contributed by atoms with Crippen LogP contribution in [0.4, 0.5) is 0 Å². The van der Waals surface area contributed by atoms with E-state index in [1.807, 2.05) is 19.1 Å². The number of carbonyl (C=O) groups excluding carboxylic acids is 1. The lowest BCUT2D eigenvalue weighted by molar-refractivity contribution is -0.132. The van der Waals surface area contributed by atoms with Crippen molar-refractivity contribution in [1.82, 2.24) is 10.2 Å². The number of aromatic hydroxyl groups is 1. The fraction of sp³-hybridized carbons (Fsp3) is 0.588. The van der Waals surface area contributed by atoms with Crippen LogP contribution in [-0.4, -0.2) is 52.8 Å². The fourth-order valence-electron chi connectivity index (χ4n) is 3.58. The zero-order chi connectivity index (χ0) is 15.7. The largest absolute Gasteiger partial charge is 0.508 e. The van der Waals surface area contributed by atoms with E-state index in [0.717, 1.165) is 30.5 Å². The molecule has 2 heterocycles. The summed E-state index contributed by atoms with van der Waals surface area (Å²) in [4.78, 5) is 14.5. The van der Waals surface area contributed by atoms with Gasteiger partial charge in [-0.05, 0) is 43.0 Å². The highest BCUT2D eigenvalue weighted by atomic mass is 16.3. The number of nitrogens with zero attached hydrogens (tertiary/aromatic N) is 1. The Kier molecular flexibility index (Phi) is 4.36. The molecule has 120 valence electrons. The average Bonchev–Trinajstić information content (AvgIpc) is 3.16. The van der Waals surface area contributed by atoms with Crippen LogP contribution < -0.4 is 5.32 Å². The summed E-state index contributed by atoms with van der Waals surface area (Å²) in [5.74, 6) is 0.545. The van der Waals surface area contributed by atoms with E-state index in [2.05, 4.69) is 5.32 Å². The lowest BCUT2D eigenvalue weighted by Crippen LogP contribution is -2.45. The summed E-state index contributed by atoms with van der Waals surface area (Å²) >= 11 is 0. The first-order valence-electron chi connectivity index (χ1n) is 8.12. The van der Waals surface area contributed by atoms with Crippen LogP contribution in [0.2, 0.25) is 0 Å². The molecule has 0 radical (unpaired) electrons. The van der Waals surface area contributed by atoms with Crippen LogP contribution in [0.15, 0.2) is 18.2 Å². The fourth-order valence-corrected chi connectivity index (χ4v) is 3.58. The minimum absolute atomic E-state index is 0.0881. The average molecular weight is 304 g/mol. The number of rotatable bonds is 3. The van der Waals surface area contributed by atoms with Crippen molar-refractivity contribution in [3.63, 3.8) is 0 Å². The van der Waals surface area contributed by atoms with Crippen molar-refractivity contribution in [2.45, 2.75) is 44.2 Å². The second kappa shape index (κ2) is 6.26. The van der Waals surface area contributed by atoms with Crippen molar-refractivity contribution in [2.75, 3.05) is 19.6 Å². The number of phenolic OH excluding ortho intramolecular Hbond substituents is 1.